The third kappa shape index (κ3) is 6.29. The lowest BCUT2D eigenvalue weighted by atomic mass is 10.1. The molecule has 0 unspecified atom stereocenters. The van der Waals surface area contributed by atoms with Crippen molar-refractivity contribution in [1.29, 1.82) is 5.26 Å². The van der Waals surface area contributed by atoms with E-state index in [0.29, 0.717) is 41.5 Å². The third-order valence-electron chi connectivity index (χ3n) is 5.67. The number of amides is 2. The first-order chi connectivity index (χ1) is 17.6. The fourth-order valence-electron chi connectivity index (χ4n) is 3.74. The van der Waals surface area contributed by atoms with Gasteiger partial charge in [0, 0.05) is 35.7 Å². The Morgan fingerprint density at radius 3 is 2.36 bits per heavy atom. The molecule has 0 aromatic heterocycles. The number of hydrogen-bond donors (Lipinski definition) is 2. The van der Waals surface area contributed by atoms with Gasteiger partial charge in [-0.05, 0) is 72.3 Å². The maximum Gasteiger partial charge on any atom is 0.266 e. The quantitative estimate of drug-likeness (QED) is 0.384. The van der Waals surface area contributed by atoms with Crippen LogP contribution in [0.2, 0.25) is 0 Å². The van der Waals surface area contributed by atoms with Crippen molar-refractivity contribution in [3.05, 3.63) is 89.5 Å². The Bertz CT molecular complexity index is 1290. The molecule has 0 radical (unpaired) electrons. The second-order valence-electron chi connectivity index (χ2n) is 8.08. The number of nitriles is 1. The molecule has 3 aromatic rings. The fraction of sp³-hybridized carbons (Fsp3) is 0.179. The first-order valence-electron chi connectivity index (χ1n) is 11.5. The summed E-state index contributed by atoms with van der Waals surface area (Å²) in [6.45, 7) is 3.04. The van der Waals surface area contributed by atoms with Crippen molar-refractivity contribution in [2.24, 2.45) is 0 Å². The smallest absolute Gasteiger partial charge is 0.266 e. The van der Waals surface area contributed by atoms with Gasteiger partial charge >= 0.3 is 0 Å². The predicted octanol–water partition coefficient (Wildman–Crippen LogP) is 4.33. The molecule has 0 saturated carbocycles. The molecule has 36 heavy (non-hydrogen) atoms. The summed E-state index contributed by atoms with van der Waals surface area (Å²) < 4.78 is 10.5. The van der Waals surface area contributed by atoms with E-state index in [4.69, 9.17) is 9.47 Å². The van der Waals surface area contributed by atoms with Crippen molar-refractivity contribution in [2.45, 2.75) is 0 Å². The van der Waals surface area contributed by atoms with Gasteiger partial charge in [0.1, 0.15) is 17.4 Å². The Morgan fingerprint density at radius 2 is 1.69 bits per heavy atom. The summed E-state index contributed by atoms with van der Waals surface area (Å²) in [6.07, 6.45) is 1.49. The summed E-state index contributed by atoms with van der Waals surface area (Å²) in [5, 5.41) is 15.2. The van der Waals surface area contributed by atoms with E-state index in [1.807, 2.05) is 30.3 Å². The Kier molecular flexibility index (Phi) is 7.96. The number of nitrogens with zero attached hydrogens (tertiary/aromatic N) is 2. The maximum absolute atomic E-state index is 12.7. The van der Waals surface area contributed by atoms with Crippen LogP contribution >= 0.6 is 0 Å². The van der Waals surface area contributed by atoms with Crippen LogP contribution in [0, 0.1) is 11.3 Å². The van der Waals surface area contributed by atoms with Crippen LogP contribution in [0.4, 0.5) is 17.1 Å². The molecule has 1 fully saturated rings. The van der Waals surface area contributed by atoms with E-state index in [1.54, 1.807) is 55.6 Å². The minimum Gasteiger partial charge on any atom is -0.497 e. The minimum atomic E-state index is -0.510. The number of carbonyl (C=O) groups excluding carboxylic acids is 2. The Balaban J connectivity index is 1.41. The molecule has 2 N–H and O–H groups in total. The summed E-state index contributed by atoms with van der Waals surface area (Å²) in [5.74, 6) is -0.129. The van der Waals surface area contributed by atoms with Gasteiger partial charge in [-0.2, -0.15) is 5.26 Å². The Labute approximate surface area is 209 Å². The number of ether oxygens (including phenoxy) is 2. The Morgan fingerprint density at radius 1 is 0.972 bits per heavy atom. The molecule has 1 heterocycles. The van der Waals surface area contributed by atoms with Crippen molar-refractivity contribution in [3.8, 4) is 11.8 Å². The average Bonchev–Trinajstić information content (AvgIpc) is 2.93. The number of nitrogens with one attached hydrogen (secondary N) is 2. The van der Waals surface area contributed by atoms with Gasteiger partial charge in [-0.1, -0.05) is 12.1 Å². The maximum atomic E-state index is 12.7. The second kappa shape index (κ2) is 11.7. The Hall–Kier alpha value is -4.61. The van der Waals surface area contributed by atoms with Gasteiger partial charge in [0.25, 0.3) is 11.8 Å². The second-order valence-corrected chi connectivity index (χ2v) is 8.08. The van der Waals surface area contributed by atoms with Crippen LogP contribution in [0.25, 0.3) is 6.08 Å². The highest BCUT2D eigenvalue weighted by molar-refractivity contribution is 6.10. The molecule has 4 rings (SSSR count). The lowest BCUT2D eigenvalue weighted by molar-refractivity contribution is -0.112. The van der Waals surface area contributed by atoms with Gasteiger partial charge < -0.3 is 25.0 Å². The van der Waals surface area contributed by atoms with E-state index >= 15 is 0 Å². The molecular formula is C28H26N4O4. The molecule has 0 atom stereocenters. The van der Waals surface area contributed by atoms with E-state index in [0.717, 1.165) is 18.8 Å². The van der Waals surface area contributed by atoms with Crippen LogP contribution in [-0.2, 0) is 9.53 Å². The highest BCUT2D eigenvalue weighted by Crippen LogP contribution is 2.20. The molecule has 1 aliphatic heterocycles. The van der Waals surface area contributed by atoms with Gasteiger partial charge in [0.2, 0.25) is 0 Å². The van der Waals surface area contributed by atoms with Crippen molar-refractivity contribution in [1.82, 2.24) is 0 Å². The molecule has 1 saturated heterocycles. The number of morpholine rings is 1. The lowest BCUT2D eigenvalue weighted by Gasteiger charge is -2.28. The first-order valence-corrected chi connectivity index (χ1v) is 11.5. The van der Waals surface area contributed by atoms with Crippen molar-refractivity contribution < 1.29 is 19.1 Å². The molecule has 8 nitrogen and oxygen atoms in total. The number of hydrogen-bond acceptors (Lipinski definition) is 6. The van der Waals surface area contributed by atoms with Crippen LogP contribution < -0.4 is 20.3 Å². The molecule has 8 heteroatoms. The molecular weight excluding hydrogens is 456 g/mol. The van der Waals surface area contributed by atoms with Gasteiger partial charge in [0.05, 0.1) is 20.3 Å². The standard InChI is InChI=1S/C28H26N4O4/c1-35-26-11-5-21(6-12-26)27(33)31-24-4-2-3-20(18-24)17-22(19-29)28(34)30-23-7-9-25(10-8-23)32-13-15-36-16-14-32/h2-12,17-18H,13-16H2,1H3,(H,30,34)(H,31,33)/b22-17+. The van der Waals surface area contributed by atoms with E-state index in [-0.39, 0.29) is 11.5 Å². The fourth-order valence-corrected chi connectivity index (χ4v) is 3.74. The van der Waals surface area contributed by atoms with Crippen molar-refractivity contribution >= 4 is 35.0 Å². The molecule has 0 spiro atoms. The summed E-state index contributed by atoms with van der Waals surface area (Å²) in [4.78, 5) is 27.5. The van der Waals surface area contributed by atoms with E-state index in [1.165, 1.54) is 6.08 Å². The number of benzene rings is 3. The SMILES string of the molecule is COc1ccc(C(=O)Nc2cccc(/C=C(\C#N)C(=O)Nc3ccc(N4CCOCC4)cc3)c2)cc1. The lowest BCUT2D eigenvalue weighted by Crippen LogP contribution is -2.36. The number of rotatable bonds is 7. The van der Waals surface area contributed by atoms with Gasteiger partial charge in [-0.15, -0.1) is 0 Å². The molecule has 1 aliphatic rings. The summed E-state index contributed by atoms with van der Waals surface area (Å²) in [7, 11) is 1.56. The summed E-state index contributed by atoms with van der Waals surface area (Å²) in [6, 6.07) is 23.1. The van der Waals surface area contributed by atoms with Crippen LogP contribution in [0.1, 0.15) is 15.9 Å². The largest absolute Gasteiger partial charge is 0.497 e. The van der Waals surface area contributed by atoms with Crippen LogP contribution in [-0.4, -0.2) is 45.2 Å². The molecule has 3 aromatic carbocycles. The topological polar surface area (TPSA) is 104 Å². The van der Waals surface area contributed by atoms with Crippen LogP contribution in [0.5, 0.6) is 5.75 Å². The van der Waals surface area contributed by atoms with Crippen LogP contribution in [0.15, 0.2) is 78.4 Å². The summed E-state index contributed by atoms with van der Waals surface area (Å²) in [5.41, 5.74) is 3.23. The van der Waals surface area contributed by atoms with Gasteiger partial charge in [-0.25, -0.2) is 0 Å². The van der Waals surface area contributed by atoms with E-state index in [9.17, 15) is 14.9 Å². The zero-order valence-corrected chi connectivity index (χ0v) is 19.9. The highest BCUT2D eigenvalue weighted by atomic mass is 16.5. The van der Waals surface area contributed by atoms with E-state index < -0.39 is 5.91 Å². The van der Waals surface area contributed by atoms with Crippen LogP contribution in [0.3, 0.4) is 0 Å². The average molecular weight is 483 g/mol. The van der Waals surface area contributed by atoms with E-state index in [2.05, 4.69) is 15.5 Å². The predicted molar refractivity (Wildman–Crippen MR) is 139 cm³/mol. The van der Waals surface area contributed by atoms with Crippen molar-refractivity contribution in [3.63, 3.8) is 0 Å². The number of anilines is 3. The molecule has 0 bridgehead atoms. The van der Waals surface area contributed by atoms with Gasteiger partial charge in [0.15, 0.2) is 0 Å². The summed E-state index contributed by atoms with van der Waals surface area (Å²) >= 11 is 0. The number of carbonyl (C=O) groups is 2. The zero-order chi connectivity index (χ0) is 25.3. The number of methoxy groups -OCH3 is 1. The molecule has 182 valence electrons. The monoisotopic (exact) mass is 482 g/mol. The van der Waals surface area contributed by atoms with Gasteiger partial charge in [-0.3, -0.25) is 9.59 Å². The highest BCUT2D eigenvalue weighted by Gasteiger charge is 2.13. The third-order valence-corrected chi connectivity index (χ3v) is 5.67. The molecule has 2 amide bonds. The first kappa shape index (κ1) is 24.5. The normalized spacial score (nSPS) is 13.4. The molecule has 0 aliphatic carbocycles. The zero-order valence-electron chi connectivity index (χ0n) is 19.9. The minimum absolute atomic E-state index is 0.0501. The van der Waals surface area contributed by atoms with Crippen molar-refractivity contribution in [2.75, 3.05) is 48.9 Å².